The Hall–Kier alpha value is -2.45. The van der Waals surface area contributed by atoms with Crippen molar-refractivity contribution in [2.24, 2.45) is 0 Å². The van der Waals surface area contributed by atoms with Gasteiger partial charge >= 0.3 is 5.97 Å². The Bertz CT molecular complexity index is 834. The van der Waals surface area contributed by atoms with Gasteiger partial charge in [-0.1, -0.05) is 6.07 Å². The molecule has 142 valence electrons. The Morgan fingerprint density at radius 2 is 1.85 bits per heavy atom. The molecule has 0 saturated carbocycles. The van der Waals surface area contributed by atoms with Crippen LogP contribution in [0.4, 0.5) is 0 Å². The highest BCUT2D eigenvalue weighted by molar-refractivity contribution is 7.12. The van der Waals surface area contributed by atoms with E-state index in [-0.39, 0.29) is 18.4 Å². The molecule has 3 heterocycles. The smallest absolute Gasteiger partial charge is 0.331 e. The largest absolute Gasteiger partial charge is 0.452 e. The first-order chi connectivity index (χ1) is 13.0. The van der Waals surface area contributed by atoms with E-state index in [4.69, 9.17) is 4.74 Å². The van der Waals surface area contributed by atoms with Gasteiger partial charge in [0.1, 0.15) is 0 Å². The maximum Gasteiger partial charge on any atom is 0.331 e. The summed E-state index contributed by atoms with van der Waals surface area (Å²) in [5, 5.41) is 1.87. The molecule has 6 nitrogen and oxygen atoms in total. The van der Waals surface area contributed by atoms with Crippen LogP contribution in [0, 0.1) is 6.92 Å². The van der Waals surface area contributed by atoms with Crippen LogP contribution in [0.25, 0.3) is 6.08 Å². The first kappa shape index (κ1) is 19.3. The molecule has 0 bridgehead atoms. The van der Waals surface area contributed by atoms with Crippen LogP contribution in [0.5, 0.6) is 0 Å². The molecular weight excluding hydrogens is 384 g/mol. The molecule has 2 aromatic heterocycles. The number of piperazine rings is 1. The van der Waals surface area contributed by atoms with Crippen molar-refractivity contribution in [1.82, 2.24) is 9.80 Å². The van der Waals surface area contributed by atoms with Crippen LogP contribution in [0.3, 0.4) is 0 Å². The van der Waals surface area contributed by atoms with Gasteiger partial charge in [0.05, 0.1) is 4.88 Å². The van der Waals surface area contributed by atoms with Crippen molar-refractivity contribution in [3.05, 3.63) is 50.4 Å². The molecule has 0 aliphatic carbocycles. The van der Waals surface area contributed by atoms with E-state index in [0.717, 1.165) is 9.75 Å². The summed E-state index contributed by atoms with van der Waals surface area (Å²) in [5.41, 5.74) is 0. The van der Waals surface area contributed by atoms with Crippen molar-refractivity contribution in [3.63, 3.8) is 0 Å². The first-order valence-corrected chi connectivity index (χ1v) is 10.2. The maximum atomic E-state index is 12.3. The minimum absolute atomic E-state index is 0.00234. The molecule has 0 N–H and O–H groups in total. The summed E-state index contributed by atoms with van der Waals surface area (Å²) in [6, 6.07) is 7.54. The molecule has 1 saturated heterocycles. The van der Waals surface area contributed by atoms with Crippen molar-refractivity contribution in [2.75, 3.05) is 32.8 Å². The molecule has 1 fully saturated rings. The lowest BCUT2D eigenvalue weighted by Gasteiger charge is -2.34. The van der Waals surface area contributed by atoms with E-state index in [1.54, 1.807) is 33.3 Å². The predicted molar refractivity (Wildman–Crippen MR) is 106 cm³/mol. The van der Waals surface area contributed by atoms with Gasteiger partial charge in [0, 0.05) is 42.0 Å². The molecule has 1 aliphatic rings. The molecule has 0 aromatic carbocycles. The van der Waals surface area contributed by atoms with E-state index >= 15 is 0 Å². The quantitative estimate of drug-likeness (QED) is 0.568. The number of hydrogen-bond donors (Lipinski definition) is 0. The Morgan fingerprint density at radius 3 is 2.48 bits per heavy atom. The van der Waals surface area contributed by atoms with Gasteiger partial charge in [0.2, 0.25) is 0 Å². The van der Waals surface area contributed by atoms with E-state index in [9.17, 15) is 14.4 Å². The van der Waals surface area contributed by atoms with E-state index in [0.29, 0.717) is 31.1 Å². The fourth-order valence-corrected chi connectivity index (χ4v) is 4.15. The SMILES string of the molecule is Cc1ccc(/C=C/C(=O)OCC(=O)N2CCN(C(=O)c3cccs3)CC2)s1. The van der Waals surface area contributed by atoms with Crippen LogP contribution in [-0.2, 0) is 14.3 Å². The second kappa shape index (κ2) is 8.96. The Labute approximate surface area is 165 Å². The number of thiophene rings is 2. The van der Waals surface area contributed by atoms with Gasteiger partial charge in [-0.15, -0.1) is 22.7 Å². The minimum Gasteiger partial charge on any atom is -0.452 e. The number of nitrogens with zero attached hydrogens (tertiary/aromatic N) is 2. The van der Waals surface area contributed by atoms with E-state index in [1.807, 2.05) is 30.5 Å². The summed E-state index contributed by atoms with van der Waals surface area (Å²) >= 11 is 2.99. The predicted octanol–water partition coefficient (Wildman–Crippen LogP) is 2.66. The molecule has 0 radical (unpaired) electrons. The third-order valence-corrected chi connectivity index (χ3v) is 5.96. The lowest BCUT2D eigenvalue weighted by molar-refractivity contribution is -0.148. The number of ether oxygens (including phenoxy) is 1. The van der Waals surface area contributed by atoms with Gasteiger partial charge in [0.25, 0.3) is 11.8 Å². The molecule has 3 rings (SSSR count). The van der Waals surface area contributed by atoms with Crippen LogP contribution < -0.4 is 0 Å². The third kappa shape index (κ3) is 5.27. The molecule has 2 aromatic rings. The molecule has 1 aliphatic heterocycles. The van der Waals surface area contributed by atoms with Gasteiger partial charge in [-0.2, -0.15) is 0 Å². The van der Waals surface area contributed by atoms with Crippen LogP contribution in [0.2, 0.25) is 0 Å². The van der Waals surface area contributed by atoms with Gasteiger partial charge in [-0.3, -0.25) is 9.59 Å². The zero-order valence-electron chi connectivity index (χ0n) is 14.9. The Kier molecular flexibility index (Phi) is 6.41. The highest BCUT2D eigenvalue weighted by Crippen LogP contribution is 2.16. The van der Waals surface area contributed by atoms with Crippen LogP contribution in [-0.4, -0.2) is 60.4 Å². The second-order valence-corrected chi connectivity index (χ2v) is 8.31. The number of hydrogen-bond acceptors (Lipinski definition) is 6. The van der Waals surface area contributed by atoms with Gasteiger partial charge in [0.15, 0.2) is 6.61 Å². The van der Waals surface area contributed by atoms with Gasteiger partial charge in [-0.25, -0.2) is 4.79 Å². The molecule has 0 unspecified atom stereocenters. The zero-order chi connectivity index (χ0) is 19.2. The highest BCUT2D eigenvalue weighted by atomic mass is 32.1. The average Bonchev–Trinajstić information content (AvgIpc) is 3.36. The first-order valence-electron chi connectivity index (χ1n) is 8.55. The third-order valence-electron chi connectivity index (χ3n) is 4.13. The summed E-state index contributed by atoms with van der Waals surface area (Å²) in [6.07, 6.45) is 3.01. The zero-order valence-corrected chi connectivity index (χ0v) is 16.6. The standard InChI is InChI=1S/C19H20N2O4S2/c1-14-4-5-15(27-14)6-7-18(23)25-13-17(22)20-8-10-21(11-9-20)19(24)16-3-2-12-26-16/h2-7,12H,8-11,13H2,1H3/b7-6+. The Balaban J connectivity index is 1.41. The topological polar surface area (TPSA) is 66.9 Å². The van der Waals surface area contributed by atoms with E-state index in [2.05, 4.69) is 0 Å². The fraction of sp³-hybridized carbons (Fsp3) is 0.316. The molecule has 2 amide bonds. The normalized spacial score (nSPS) is 14.6. The summed E-state index contributed by atoms with van der Waals surface area (Å²) in [4.78, 5) is 42.5. The van der Waals surface area contributed by atoms with Crippen LogP contribution in [0.1, 0.15) is 19.4 Å². The maximum absolute atomic E-state index is 12.3. The van der Waals surface area contributed by atoms with Gasteiger partial charge < -0.3 is 14.5 Å². The van der Waals surface area contributed by atoms with Gasteiger partial charge in [-0.05, 0) is 36.6 Å². The number of amides is 2. The number of aryl methyl sites for hydroxylation is 1. The summed E-state index contributed by atoms with van der Waals surface area (Å²) in [7, 11) is 0. The Morgan fingerprint density at radius 1 is 1.11 bits per heavy atom. The van der Waals surface area contributed by atoms with Crippen molar-refractivity contribution in [1.29, 1.82) is 0 Å². The number of esters is 1. The van der Waals surface area contributed by atoms with Crippen LogP contribution >= 0.6 is 22.7 Å². The van der Waals surface area contributed by atoms with Crippen molar-refractivity contribution < 1.29 is 19.1 Å². The number of carbonyl (C=O) groups is 3. The monoisotopic (exact) mass is 404 g/mol. The summed E-state index contributed by atoms with van der Waals surface area (Å²) < 4.78 is 5.03. The van der Waals surface area contributed by atoms with E-state index in [1.165, 1.54) is 17.4 Å². The average molecular weight is 405 g/mol. The van der Waals surface area contributed by atoms with Crippen LogP contribution in [0.15, 0.2) is 35.7 Å². The molecule has 0 spiro atoms. The van der Waals surface area contributed by atoms with Crippen molar-refractivity contribution in [3.8, 4) is 0 Å². The lowest BCUT2D eigenvalue weighted by atomic mass is 10.3. The molecular formula is C19H20N2O4S2. The second-order valence-electron chi connectivity index (χ2n) is 6.04. The fourth-order valence-electron chi connectivity index (χ4n) is 2.68. The lowest BCUT2D eigenvalue weighted by Crippen LogP contribution is -2.51. The summed E-state index contributed by atoms with van der Waals surface area (Å²) in [5.74, 6) is -0.787. The molecule has 0 atom stereocenters. The summed E-state index contributed by atoms with van der Waals surface area (Å²) in [6.45, 7) is 3.55. The minimum atomic E-state index is -0.541. The van der Waals surface area contributed by atoms with E-state index < -0.39 is 5.97 Å². The number of carbonyl (C=O) groups excluding carboxylic acids is 3. The molecule has 27 heavy (non-hydrogen) atoms. The van der Waals surface area contributed by atoms with Crippen molar-refractivity contribution >= 4 is 46.5 Å². The van der Waals surface area contributed by atoms with Crippen molar-refractivity contribution in [2.45, 2.75) is 6.92 Å². The number of rotatable bonds is 5. The molecule has 8 heteroatoms. The highest BCUT2D eigenvalue weighted by Gasteiger charge is 2.25.